The average molecular weight is 552 g/mol. The quantitative estimate of drug-likeness (QED) is 0.232. The molecule has 0 N–H and O–H groups in total. The van der Waals surface area contributed by atoms with Gasteiger partial charge in [-0.1, -0.05) is 66.9 Å². The summed E-state index contributed by atoms with van der Waals surface area (Å²) in [6.45, 7) is 12.3. The minimum atomic E-state index is 0. The van der Waals surface area contributed by atoms with Crippen LogP contribution in [0.4, 0.5) is 5.69 Å². The zero-order valence-electron chi connectivity index (χ0n) is 21.5. The van der Waals surface area contributed by atoms with Crippen LogP contribution in [0, 0.1) is 34.1 Å². The molecule has 1 unspecified atom stereocenters. The van der Waals surface area contributed by atoms with Crippen molar-refractivity contribution >= 4 is 5.69 Å². The van der Waals surface area contributed by atoms with Gasteiger partial charge in [-0.05, 0) is 26.0 Å². The Morgan fingerprint density at radius 1 is 0.806 bits per heavy atom. The van der Waals surface area contributed by atoms with Crippen molar-refractivity contribution in [3.8, 4) is 0 Å². The molecule has 1 atom stereocenters. The molecule has 0 spiro atoms. The van der Waals surface area contributed by atoms with E-state index in [1.807, 2.05) is 60.7 Å². The number of hydrogen-bond acceptors (Lipinski definition) is 1. The Hall–Kier alpha value is -2.77. The average Bonchev–Trinajstić information content (AvgIpc) is 3.40. The van der Waals surface area contributed by atoms with Gasteiger partial charge in [0, 0.05) is 11.4 Å². The van der Waals surface area contributed by atoms with Gasteiger partial charge in [-0.3, -0.25) is 4.98 Å². The molecule has 0 bridgehead atoms. The van der Waals surface area contributed by atoms with Crippen LogP contribution >= 0.6 is 0 Å². The molecule has 4 aromatic rings. The number of benzene rings is 3. The third kappa shape index (κ3) is 10.9. The minimum absolute atomic E-state index is 0. The van der Waals surface area contributed by atoms with Gasteiger partial charge < -0.3 is 11.7 Å². The summed E-state index contributed by atoms with van der Waals surface area (Å²) in [5, 5.41) is 4.69. The number of nitrogens with zero attached hydrogens (tertiary/aromatic N) is 2. The summed E-state index contributed by atoms with van der Waals surface area (Å²) in [6, 6.07) is 32.5. The van der Waals surface area contributed by atoms with E-state index in [2.05, 4.69) is 70.5 Å². The standard InChI is InChI=1S/C19H22N2.2C7H7.Zr/c1-14-10-15(2)12-18(11-14)20-13-17-8-5-9-19(21-17)16-6-3-4-7-16;2*1-7-5-3-2-4-6-7;/h5-6,8-12,16H,3-4,7,13H2,1-2H3;2*2-6H,1H2;/q-2;2*-1;+4. The molecule has 5 rings (SSSR count). The van der Waals surface area contributed by atoms with Crippen molar-refractivity contribution in [2.75, 3.05) is 0 Å². The van der Waals surface area contributed by atoms with Crippen LogP contribution in [0.2, 0.25) is 0 Å². The second-order valence-corrected chi connectivity index (χ2v) is 8.96. The van der Waals surface area contributed by atoms with Crippen LogP contribution in [0.15, 0.2) is 97.1 Å². The van der Waals surface area contributed by atoms with Crippen molar-refractivity contribution in [3.63, 3.8) is 0 Å². The summed E-state index contributed by atoms with van der Waals surface area (Å²) in [5.74, 6) is 0.547. The zero-order chi connectivity index (χ0) is 24.9. The first kappa shape index (κ1) is 29.5. The fourth-order valence-electron chi connectivity index (χ4n) is 4.01. The van der Waals surface area contributed by atoms with Crippen molar-refractivity contribution in [1.29, 1.82) is 0 Å². The summed E-state index contributed by atoms with van der Waals surface area (Å²) < 4.78 is 0. The zero-order valence-corrected chi connectivity index (χ0v) is 24.0. The Labute approximate surface area is 237 Å². The molecule has 182 valence electrons. The molecule has 0 radical (unpaired) electrons. The molecule has 3 heteroatoms. The van der Waals surface area contributed by atoms with E-state index >= 15 is 0 Å². The van der Waals surface area contributed by atoms with Crippen LogP contribution in [0.1, 0.15) is 58.8 Å². The van der Waals surface area contributed by atoms with E-state index in [9.17, 15) is 0 Å². The van der Waals surface area contributed by atoms with Gasteiger partial charge in [-0.25, -0.2) is 0 Å². The summed E-state index contributed by atoms with van der Waals surface area (Å²) in [6.07, 6.45) is 6.16. The maximum Gasteiger partial charge on any atom is 4.00 e. The predicted octanol–water partition coefficient (Wildman–Crippen LogP) is 9.11. The summed E-state index contributed by atoms with van der Waals surface area (Å²) in [4.78, 5) is 4.79. The fourth-order valence-corrected chi connectivity index (χ4v) is 4.01. The SMILES string of the molecule is Cc1cc(C)cc([N-]Cc2cccc(C3[CH-]CCC3)n2)c1.[CH2-]c1ccccc1.[CH2-]c1ccccc1.[Zr+4]. The molecule has 1 fully saturated rings. The normalized spacial score (nSPS) is 13.8. The van der Waals surface area contributed by atoms with Gasteiger partial charge in [-0.2, -0.15) is 55.7 Å². The molecule has 1 aliphatic rings. The molecular weight excluding hydrogens is 516 g/mol. The van der Waals surface area contributed by atoms with Crippen molar-refractivity contribution in [2.24, 2.45) is 0 Å². The molecule has 1 saturated carbocycles. The predicted molar refractivity (Wildman–Crippen MR) is 150 cm³/mol. The molecule has 1 heterocycles. The Balaban J connectivity index is 0.000000249. The van der Waals surface area contributed by atoms with Crippen LogP contribution in [0.3, 0.4) is 0 Å². The van der Waals surface area contributed by atoms with E-state index in [1.54, 1.807) is 0 Å². The van der Waals surface area contributed by atoms with Gasteiger partial charge >= 0.3 is 26.2 Å². The molecule has 0 amide bonds. The smallest absolute Gasteiger partial charge is 0.679 e. The maximum absolute atomic E-state index is 4.79. The number of aryl methyl sites for hydroxylation is 2. The molecular formula is C33H36N2Zr. The topological polar surface area (TPSA) is 27.0 Å². The summed E-state index contributed by atoms with van der Waals surface area (Å²) >= 11 is 0. The number of hydrogen-bond donors (Lipinski definition) is 0. The maximum atomic E-state index is 4.79. The molecule has 36 heavy (non-hydrogen) atoms. The van der Waals surface area contributed by atoms with Crippen LogP contribution in [0.25, 0.3) is 5.32 Å². The van der Waals surface area contributed by atoms with Crippen LogP contribution in [-0.4, -0.2) is 4.98 Å². The van der Waals surface area contributed by atoms with Gasteiger partial charge in [-0.15, -0.1) is 35.9 Å². The Kier molecular flexibility index (Phi) is 13.2. The monoisotopic (exact) mass is 550 g/mol. The van der Waals surface area contributed by atoms with Crippen LogP contribution in [0.5, 0.6) is 0 Å². The van der Waals surface area contributed by atoms with Gasteiger partial charge in [0.05, 0.1) is 0 Å². The Morgan fingerprint density at radius 3 is 1.86 bits per heavy atom. The molecule has 3 aromatic carbocycles. The van der Waals surface area contributed by atoms with E-state index in [0.717, 1.165) is 22.5 Å². The molecule has 1 aromatic heterocycles. The van der Waals surface area contributed by atoms with E-state index in [1.165, 1.54) is 36.1 Å². The van der Waals surface area contributed by atoms with Crippen LogP contribution in [-0.2, 0) is 32.7 Å². The first-order chi connectivity index (χ1) is 17.0. The third-order valence-electron chi connectivity index (χ3n) is 5.69. The number of aromatic nitrogens is 1. The summed E-state index contributed by atoms with van der Waals surface area (Å²) in [5.41, 5.74) is 7.98. The van der Waals surface area contributed by atoms with E-state index < -0.39 is 0 Å². The minimum Gasteiger partial charge on any atom is -0.679 e. The van der Waals surface area contributed by atoms with Crippen molar-refractivity contribution in [1.82, 2.24) is 4.98 Å². The largest absolute Gasteiger partial charge is 4.00 e. The first-order valence-corrected chi connectivity index (χ1v) is 12.3. The molecule has 2 nitrogen and oxygen atoms in total. The second kappa shape index (κ2) is 16.1. The molecule has 1 aliphatic carbocycles. The van der Waals surface area contributed by atoms with Crippen molar-refractivity contribution in [2.45, 2.75) is 45.6 Å². The third-order valence-corrected chi connectivity index (χ3v) is 5.69. The van der Waals surface area contributed by atoms with Gasteiger partial charge in [0.25, 0.3) is 0 Å². The van der Waals surface area contributed by atoms with Crippen molar-refractivity contribution < 1.29 is 26.2 Å². The van der Waals surface area contributed by atoms with Crippen molar-refractivity contribution in [3.05, 3.63) is 156 Å². The Bertz CT molecular complexity index is 1080. The first-order valence-electron chi connectivity index (χ1n) is 12.3. The van der Waals surface area contributed by atoms with Crippen LogP contribution < -0.4 is 0 Å². The number of pyridine rings is 1. The van der Waals surface area contributed by atoms with E-state index in [0.29, 0.717) is 12.5 Å². The van der Waals surface area contributed by atoms with E-state index in [-0.39, 0.29) is 26.2 Å². The molecule has 0 aliphatic heterocycles. The summed E-state index contributed by atoms with van der Waals surface area (Å²) in [7, 11) is 0. The van der Waals surface area contributed by atoms with Gasteiger partial charge in [0.1, 0.15) is 0 Å². The Morgan fingerprint density at radius 2 is 1.39 bits per heavy atom. The molecule has 0 saturated heterocycles. The number of rotatable bonds is 4. The fraction of sp³-hybridized carbons (Fsp3) is 0.212. The van der Waals surface area contributed by atoms with E-state index in [4.69, 9.17) is 10.3 Å². The second-order valence-electron chi connectivity index (χ2n) is 8.96. The van der Waals surface area contributed by atoms with Gasteiger partial charge in [0.2, 0.25) is 0 Å². The van der Waals surface area contributed by atoms with Gasteiger partial charge in [0.15, 0.2) is 0 Å².